The number of phenolic OH excluding ortho intramolecular Hbond substituents is 1. The van der Waals surface area contributed by atoms with Crippen molar-refractivity contribution in [3.8, 4) is 17.0 Å². The fourth-order valence-corrected chi connectivity index (χ4v) is 7.74. The van der Waals surface area contributed by atoms with Crippen molar-refractivity contribution in [3.63, 3.8) is 0 Å². The Kier molecular flexibility index (Phi) is 5.76. The van der Waals surface area contributed by atoms with E-state index in [0.717, 1.165) is 51.9 Å². The topological polar surface area (TPSA) is 77.4 Å². The number of nitrogens with zero attached hydrogens (tertiary/aromatic N) is 5. The molecule has 7 nitrogen and oxygen atoms in total. The number of fused-ring (bicyclic) bond motifs is 5. The van der Waals surface area contributed by atoms with Gasteiger partial charge in [-0.25, -0.2) is 18.7 Å². The lowest BCUT2D eigenvalue weighted by atomic mass is 9.93. The van der Waals surface area contributed by atoms with Gasteiger partial charge in [0.1, 0.15) is 28.6 Å². The van der Waals surface area contributed by atoms with E-state index < -0.39 is 11.6 Å². The van der Waals surface area contributed by atoms with Crippen LogP contribution in [0.15, 0.2) is 42.6 Å². The molecule has 2 aromatic carbocycles. The van der Waals surface area contributed by atoms with Gasteiger partial charge in [0.25, 0.3) is 0 Å². The minimum Gasteiger partial charge on any atom is -0.508 e. The van der Waals surface area contributed by atoms with Crippen LogP contribution in [-0.2, 0) is 0 Å². The van der Waals surface area contributed by atoms with Gasteiger partial charge >= 0.3 is 0 Å². The van der Waals surface area contributed by atoms with Gasteiger partial charge in [0.05, 0.1) is 5.39 Å². The van der Waals surface area contributed by atoms with Crippen LogP contribution in [0.2, 0.25) is 0 Å². The predicted octanol–water partition coefficient (Wildman–Crippen LogP) is 5.41. The number of aromatic nitrogens is 3. The zero-order valence-electron chi connectivity index (χ0n) is 22.8. The SMILES string of the molecule is Oc1cc(-c2ncc3c(N4C[C@H]5CC[C@@H](C4)N5)nc(/C=C/C45CCCN4CCC5)nc3c2F)c2c(F)cccc2c1. The van der Waals surface area contributed by atoms with E-state index in [1.165, 1.54) is 31.0 Å². The van der Waals surface area contributed by atoms with E-state index in [2.05, 4.69) is 26.2 Å². The molecule has 0 radical (unpaired) electrons. The van der Waals surface area contributed by atoms with Crippen molar-refractivity contribution in [2.45, 2.75) is 56.1 Å². The second-order valence-electron chi connectivity index (χ2n) is 12.1. The van der Waals surface area contributed by atoms with Crippen molar-refractivity contribution in [2.75, 3.05) is 31.1 Å². The third-order valence-corrected chi connectivity index (χ3v) is 9.61. The maximum Gasteiger partial charge on any atom is 0.175 e. The second kappa shape index (κ2) is 9.42. The summed E-state index contributed by atoms with van der Waals surface area (Å²) in [6, 6.07) is 8.18. The summed E-state index contributed by atoms with van der Waals surface area (Å²) in [5.74, 6) is -0.0751. The molecule has 2 atom stereocenters. The largest absolute Gasteiger partial charge is 0.508 e. The molecule has 2 bridgehead atoms. The molecular weight excluding hydrogens is 522 g/mol. The van der Waals surface area contributed by atoms with Crippen LogP contribution in [0.4, 0.5) is 14.6 Å². The lowest BCUT2D eigenvalue weighted by Crippen LogP contribution is -2.51. The number of nitrogens with one attached hydrogen (secondary N) is 1. The molecule has 41 heavy (non-hydrogen) atoms. The number of halogens is 2. The quantitative estimate of drug-likeness (QED) is 0.349. The summed E-state index contributed by atoms with van der Waals surface area (Å²) in [7, 11) is 0. The lowest BCUT2D eigenvalue weighted by molar-refractivity contribution is 0.251. The summed E-state index contributed by atoms with van der Waals surface area (Å²) in [6.45, 7) is 3.79. The van der Waals surface area contributed by atoms with E-state index in [0.29, 0.717) is 34.5 Å². The summed E-state index contributed by atoms with van der Waals surface area (Å²) in [5.41, 5.74) is 0.346. The van der Waals surface area contributed by atoms with E-state index in [4.69, 9.17) is 9.97 Å². The summed E-state index contributed by atoms with van der Waals surface area (Å²) < 4.78 is 31.6. The molecule has 8 rings (SSSR count). The number of phenols is 1. The Morgan fingerprint density at radius 3 is 2.59 bits per heavy atom. The minimum atomic E-state index is -0.643. The molecule has 0 unspecified atom stereocenters. The van der Waals surface area contributed by atoms with Crippen LogP contribution in [0.5, 0.6) is 5.75 Å². The summed E-state index contributed by atoms with van der Waals surface area (Å²) >= 11 is 0. The number of hydrogen-bond donors (Lipinski definition) is 2. The molecule has 4 aromatic rings. The molecule has 0 spiro atoms. The normalized spacial score (nSPS) is 23.8. The van der Waals surface area contributed by atoms with Gasteiger partial charge in [0.15, 0.2) is 11.6 Å². The van der Waals surface area contributed by atoms with Gasteiger partial charge in [-0.05, 0) is 81.3 Å². The van der Waals surface area contributed by atoms with Gasteiger partial charge in [-0.15, -0.1) is 0 Å². The van der Waals surface area contributed by atoms with Crippen molar-refractivity contribution in [2.24, 2.45) is 0 Å². The number of aromatic hydroxyl groups is 1. The zero-order chi connectivity index (χ0) is 27.7. The van der Waals surface area contributed by atoms with E-state index in [1.807, 2.05) is 6.08 Å². The van der Waals surface area contributed by atoms with Crippen LogP contribution in [0.3, 0.4) is 0 Å². The average Bonchev–Trinajstić information content (AvgIpc) is 3.65. The molecule has 6 heterocycles. The maximum absolute atomic E-state index is 16.6. The monoisotopic (exact) mass is 554 g/mol. The molecular formula is C32H32F2N6O. The van der Waals surface area contributed by atoms with E-state index >= 15 is 8.78 Å². The second-order valence-corrected chi connectivity index (χ2v) is 12.1. The van der Waals surface area contributed by atoms with Crippen LogP contribution < -0.4 is 10.2 Å². The van der Waals surface area contributed by atoms with Gasteiger partial charge in [-0.2, -0.15) is 0 Å². The molecule has 4 fully saturated rings. The van der Waals surface area contributed by atoms with Crippen LogP contribution in [0.25, 0.3) is 39.0 Å². The van der Waals surface area contributed by atoms with Crippen LogP contribution >= 0.6 is 0 Å². The third-order valence-electron chi connectivity index (χ3n) is 9.61. The number of piperazine rings is 1. The molecule has 4 aliphatic heterocycles. The minimum absolute atomic E-state index is 0.0343. The molecule has 0 aliphatic carbocycles. The highest BCUT2D eigenvalue weighted by atomic mass is 19.1. The summed E-state index contributed by atoms with van der Waals surface area (Å²) in [5, 5.41) is 15.3. The molecule has 210 valence electrons. The highest BCUT2D eigenvalue weighted by molar-refractivity contribution is 6.00. The number of pyridine rings is 1. The van der Waals surface area contributed by atoms with Gasteiger partial charge in [0, 0.05) is 47.9 Å². The smallest absolute Gasteiger partial charge is 0.175 e. The van der Waals surface area contributed by atoms with Crippen molar-refractivity contribution in [1.29, 1.82) is 0 Å². The van der Waals surface area contributed by atoms with Crippen molar-refractivity contribution >= 4 is 33.6 Å². The predicted molar refractivity (Wildman–Crippen MR) is 156 cm³/mol. The van der Waals surface area contributed by atoms with Crippen molar-refractivity contribution < 1.29 is 13.9 Å². The molecule has 4 saturated heterocycles. The van der Waals surface area contributed by atoms with Gasteiger partial charge < -0.3 is 15.3 Å². The molecule has 4 aliphatic rings. The Bertz CT molecular complexity index is 1700. The molecule has 2 aromatic heterocycles. The molecule has 9 heteroatoms. The first-order chi connectivity index (χ1) is 20.0. The summed E-state index contributed by atoms with van der Waals surface area (Å²) in [4.78, 5) is 19.0. The van der Waals surface area contributed by atoms with Gasteiger partial charge in [-0.3, -0.25) is 9.88 Å². The molecule has 0 amide bonds. The van der Waals surface area contributed by atoms with Crippen LogP contribution in [-0.4, -0.2) is 68.8 Å². The number of anilines is 1. The zero-order valence-corrected chi connectivity index (χ0v) is 22.8. The number of hydrogen-bond acceptors (Lipinski definition) is 7. The summed E-state index contributed by atoms with van der Waals surface area (Å²) in [6.07, 6.45) is 12.6. The van der Waals surface area contributed by atoms with Crippen LogP contribution in [0.1, 0.15) is 44.3 Å². The van der Waals surface area contributed by atoms with Crippen molar-refractivity contribution in [1.82, 2.24) is 25.2 Å². The van der Waals surface area contributed by atoms with Crippen molar-refractivity contribution in [3.05, 3.63) is 60.1 Å². The Morgan fingerprint density at radius 2 is 1.80 bits per heavy atom. The first kappa shape index (κ1) is 25.1. The van der Waals surface area contributed by atoms with Gasteiger partial charge in [0.2, 0.25) is 0 Å². The Labute approximate surface area is 236 Å². The number of rotatable bonds is 4. The Morgan fingerprint density at radius 1 is 1.02 bits per heavy atom. The van der Waals surface area contributed by atoms with E-state index in [9.17, 15) is 5.11 Å². The maximum atomic E-state index is 16.6. The van der Waals surface area contributed by atoms with E-state index in [1.54, 1.807) is 18.3 Å². The number of benzene rings is 2. The van der Waals surface area contributed by atoms with E-state index in [-0.39, 0.29) is 33.4 Å². The van der Waals surface area contributed by atoms with Crippen LogP contribution in [0, 0.1) is 11.6 Å². The van der Waals surface area contributed by atoms with Gasteiger partial charge in [-0.1, -0.05) is 18.2 Å². The highest BCUT2D eigenvalue weighted by Crippen LogP contribution is 2.41. The lowest BCUT2D eigenvalue weighted by Gasteiger charge is -2.34. The fraction of sp³-hybridized carbons (Fsp3) is 0.406. The Balaban J connectivity index is 1.31. The highest BCUT2D eigenvalue weighted by Gasteiger charge is 2.42. The molecule has 0 saturated carbocycles. The average molecular weight is 555 g/mol. The Hall–Kier alpha value is -3.69. The first-order valence-corrected chi connectivity index (χ1v) is 14.7. The molecule has 2 N–H and O–H groups in total. The third kappa shape index (κ3) is 4.08. The standard InChI is InChI=1S/C32H32F2N6O/c33-25-5-1-4-19-14-22(41)15-23(27(19)25)29-28(34)30-24(16-35-29)31(39-17-20-6-7-21(18-39)36-20)38-26(37-30)8-11-32-9-2-12-40(32)13-3-10-32/h1,4-5,8,11,14-16,20-21,36,41H,2-3,6-7,9-10,12-13,17-18H2/b11-8+/t20-,21+. The fourth-order valence-electron chi connectivity index (χ4n) is 7.74. The first-order valence-electron chi connectivity index (χ1n) is 14.7.